The number of piperazine rings is 1. The van der Waals surface area contributed by atoms with Crippen LogP contribution in [0, 0.1) is 5.41 Å². The average molecular weight is 376 g/mol. The predicted molar refractivity (Wildman–Crippen MR) is 101 cm³/mol. The fourth-order valence-electron chi connectivity index (χ4n) is 3.06. The van der Waals surface area contributed by atoms with E-state index in [9.17, 15) is 14.4 Å². The van der Waals surface area contributed by atoms with Crippen LogP contribution in [-0.2, 0) is 16.1 Å². The zero-order chi connectivity index (χ0) is 18.9. The Morgan fingerprint density at radius 1 is 1.15 bits per heavy atom. The van der Waals surface area contributed by atoms with Gasteiger partial charge in [-0.15, -0.1) is 11.3 Å². The minimum atomic E-state index is -0.402. The Labute approximate surface area is 156 Å². The van der Waals surface area contributed by atoms with E-state index in [1.54, 1.807) is 11.0 Å². The molecule has 3 rings (SSSR count). The number of thiophene rings is 1. The fraction of sp³-hybridized carbons (Fsp3) is 0.556. The molecule has 26 heavy (non-hydrogen) atoms. The van der Waals surface area contributed by atoms with Crippen molar-refractivity contribution in [2.75, 3.05) is 26.2 Å². The number of carbonyl (C=O) groups excluding carboxylic acids is 2. The summed E-state index contributed by atoms with van der Waals surface area (Å²) in [4.78, 5) is 45.7. The molecular weight excluding hydrogens is 352 g/mol. The molecular formula is C18H24N4O3S. The van der Waals surface area contributed by atoms with E-state index in [-0.39, 0.29) is 23.8 Å². The highest BCUT2D eigenvalue weighted by Crippen LogP contribution is 2.19. The van der Waals surface area contributed by atoms with Gasteiger partial charge in [0.15, 0.2) is 0 Å². The lowest BCUT2D eigenvalue weighted by atomic mass is 9.94. The van der Waals surface area contributed by atoms with Crippen molar-refractivity contribution in [2.24, 2.45) is 5.41 Å². The molecule has 8 heteroatoms. The van der Waals surface area contributed by atoms with Gasteiger partial charge < -0.3 is 9.80 Å². The molecule has 0 aromatic carbocycles. The summed E-state index contributed by atoms with van der Waals surface area (Å²) in [5.74, 6) is 0.122. The smallest absolute Gasteiger partial charge is 0.262 e. The second-order valence-electron chi connectivity index (χ2n) is 7.56. The first-order valence-corrected chi connectivity index (χ1v) is 9.65. The number of hydrogen-bond acceptors (Lipinski definition) is 5. The van der Waals surface area contributed by atoms with Gasteiger partial charge in [-0.25, -0.2) is 4.98 Å². The molecule has 0 unspecified atom stereocenters. The van der Waals surface area contributed by atoms with Crippen LogP contribution in [0.25, 0.3) is 10.2 Å². The number of rotatable bonds is 3. The van der Waals surface area contributed by atoms with Gasteiger partial charge in [0.05, 0.1) is 11.7 Å². The molecule has 1 fully saturated rings. The summed E-state index contributed by atoms with van der Waals surface area (Å²) in [6.45, 7) is 8.23. The molecule has 2 aromatic heterocycles. The molecule has 0 bridgehead atoms. The Bertz CT molecular complexity index is 872. The summed E-state index contributed by atoms with van der Waals surface area (Å²) >= 11 is 1.43. The summed E-state index contributed by atoms with van der Waals surface area (Å²) in [7, 11) is 0. The third kappa shape index (κ3) is 3.80. The van der Waals surface area contributed by atoms with Gasteiger partial charge in [0.1, 0.15) is 4.83 Å². The fourth-order valence-corrected chi connectivity index (χ4v) is 3.78. The first kappa shape index (κ1) is 18.6. The normalized spacial score (nSPS) is 15.5. The highest BCUT2D eigenvalue weighted by Gasteiger charge is 2.30. The van der Waals surface area contributed by atoms with Crippen molar-refractivity contribution in [3.05, 3.63) is 28.1 Å². The molecule has 0 radical (unpaired) electrons. The minimum absolute atomic E-state index is 0.00479. The van der Waals surface area contributed by atoms with Crippen LogP contribution >= 0.6 is 11.3 Å². The summed E-state index contributed by atoms with van der Waals surface area (Å²) in [5, 5.41) is 2.44. The second-order valence-corrected chi connectivity index (χ2v) is 8.45. The van der Waals surface area contributed by atoms with Crippen molar-refractivity contribution in [2.45, 2.75) is 33.7 Å². The molecule has 0 aliphatic carbocycles. The van der Waals surface area contributed by atoms with E-state index in [2.05, 4.69) is 4.98 Å². The number of carbonyl (C=O) groups is 2. The summed E-state index contributed by atoms with van der Waals surface area (Å²) < 4.78 is 1.49. The lowest BCUT2D eigenvalue weighted by molar-refractivity contribution is -0.145. The van der Waals surface area contributed by atoms with E-state index in [1.165, 1.54) is 22.2 Å². The first-order valence-electron chi connectivity index (χ1n) is 8.77. The van der Waals surface area contributed by atoms with Gasteiger partial charge in [-0.1, -0.05) is 20.8 Å². The van der Waals surface area contributed by atoms with E-state index in [1.807, 2.05) is 31.1 Å². The Morgan fingerprint density at radius 3 is 2.46 bits per heavy atom. The van der Waals surface area contributed by atoms with Gasteiger partial charge in [-0.05, 0) is 11.4 Å². The van der Waals surface area contributed by atoms with Gasteiger partial charge in [-0.3, -0.25) is 19.0 Å². The molecule has 1 saturated heterocycles. The molecule has 2 amide bonds. The van der Waals surface area contributed by atoms with Crippen LogP contribution in [0.2, 0.25) is 0 Å². The number of aryl methyl sites for hydroxylation is 1. The SMILES string of the molecule is CC(C)(C)C(=O)N1CCN(C(=O)CCn2cnc3sccc3c2=O)CC1. The van der Waals surface area contributed by atoms with E-state index >= 15 is 0 Å². The molecule has 1 aliphatic rings. The van der Waals surface area contributed by atoms with Crippen LogP contribution in [0.1, 0.15) is 27.2 Å². The zero-order valence-corrected chi connectivity index (χ0v) is 16.2. The molecule has 7 nitrogen and oxygen atoms in total. The highest BCUT2D eigenvalue weighted by atomic mass is 32.1. The molecule has 1 aliphatic heterocycles. The minimum Gasteiger partial charge on any atom is -0.339 e. The quantitative estimate of drug-likeness (QED) is 0.815. The number of aromatic nitrogens is 2. The van der Waals surface area contributed by atoms with E-state index in [4.69, 9.17) is 0 Å². The van der Waals surface area contributed by atoms with Crippen LogP contribution in [0.5, 0.6) is 0 Å². The number of fused-ring (bicyclic) bond motifs is 1. The van der Waals surface area contributed by atoms with Crippen molar-refractivity contribution in [1.29, 1.82) is 0 Å². The van der Waals surface area contributed by atoms with Gasteiger partial charge >= 0.3 is 0 Å². The lowest BCUT2D eigenvalue weighted by Crippen LogP contribution is -2.53. The van der Waals surface area contributed by atoms with Crippen LogP contribution in [0.15, 0.2) is 22.6 Å². The molecule has 0 saturated carbocycles. The van der Waals surface area contributed by atoms with Crippen molar-refractivity contribution in [3.8, 4) is 0 Å². The zero-order valence-electron chi connectivity index (χ0n) is 15.4. The average Bonchev–Trinajstić information content (AvgIpc) is 3.09. The number of amides is 2. The van der Waals surface area contributed by atoms with Crippen molar-refractivity contribution in [1.82, 2.24) is 19.4 Å². The maximum Gasteiger partial charge on any atom is 0.262 e. The summed E-state index contributed by atoms with van der Waals surface area (Å²) in [6.07, 6.45) is 1.76. The largest absolute Gasteiger partial charge is 0.339 e. The van der Waals surface area contributed by atoms with E-state index in [0.29, 0.717) is 38.1 Å². The molecule has 2 aromatic rings. The van der Waals surface area contributed by atoms with Crippen molar-refractivity contribution < 1.29 is 9.59 Å². The lowest BCUT2D eigenvalue weighted by Gasteiger charge is -2.37. The topological polar surface area (TPSA) is 75.5 Å². The van der Waals surface area contributed by atoms with E-state index in [0.717, 1.165) is 4.83 Å². The highest BCUT2D eigenvalue weighted by molar-refractivity contribution is 7.16. The molecule has 0 spiro atoms. The predicted octanol–water partition coefficient (Wildman–Crippen LogP) is 1.56. The monoisotopic (exact) mass is 376 g/mol. The standard InChI is InChI=1S/C18H24N4O3S/c1-18(2,3)17(25)21-9-7-20(8-10-21)14(23)4-6-22-12-19-15-13(16(22)24)5-11-26-15/h5,11-12H,4,6-10H2,1-3H3. The van der Waals surface area contributed by atoms with Gasteiger partial charge in [-0.2, -0.15) is 0 Å². The van der Waals surface area contributed by atoms with Crippen LogP contribution < -0.4 is 5.56 Å². The molecule has 0 atom stereocenters. The van der Waals surface area contributed by atoms with Gasteiger partial charge in [0.2, 0.25) is 11.8 Å². The summed E-state index contributed by atoms with van der Waals surface area (Å²) in [6, 6.07) is 1.76. The number of nitrogens with zero attached hydrogens (tertiary/aromatic N) is 4. The van der Waals surface area contributed by atoms with Gasteiger partial charge in [0.25, 0.3) is 5.56 Å². The number of hydrogen-bond donors (Lipinski definition) is 0. The van der Waals surface area contributed by atoms with Crippen LogP contribution in [-0.4, -0.2) is 57.3 Å². The van der Waals surface area contributed by atoms with Crippen molar-refractivity contribution in [3.63, 3.8) is 0 Å². The van der Waals surface area contributed by atoms with Gasteiger partial charge in [0, 0.05) is 44.6 Å². The third-order valence-corrected chi connectivity index (χ3v) is 5.40. The molecule has 0 N–H and O–H groups in total. The maximum atomic E-state index is 12.5. The molecule has 140 valence electrons. The first-order chi connectivity index (χ1) is 12.3. The maximum absolute atomic E-state index is 12.5. The van der Waals surface area contributed by atoms with Crippen molar-refractivity contribution >= 4 is 33.4 Å². The molecule has 3 heterocycles. The Kier molecular flexibility index (Phi) is 5.13. The summed E-state index contributed by atoms with van der Waals surface area (Å²) in [5.41, 5.74) is -0.509. The van der Waals surface area contributed by atoms with E-state index < -0.39 is 5.41 Å². The Morgan fingerprint density at radius 2 is 1.81 bits per heavy atom. The second kappa shape index (κ2) is 7.19. The van der Waals surface area contributed by atoms with Crippen LogP contribution in [0.4, 0.5) is 0 Å². The third-order valence-electron chi connectivity index (χ3n) is 4.58. The van der Waals surface area contributed by atoms with Crippen LogP contribution in [0.3, 0.4) is 0 Å². The Balaban J connectivity index is 1.55. The Hall–Kier alpha value is -2.22.